The van der Waals surface area contributed by atoms with Crippen LogP contribution in [0.5, 0.6) is 0 Å². The highest BCUT2D eigenvalue weighted by molar-refractivity contribution is 5.89. The molecule has 1 aliphatic rings. The maximum Gasteiger partial charge on any atom is 0.319 e. The third-order valence-corrected chi connectivity index (χ3v) is 3.34. The number of rotatable bonds is 2. The zero-order valence-electron chi connectivity index (χ0n) is 10.6. The summed E-state index contributed by atoms with van der Waals surface area (Å²) in [4.78, 5) is 11.8. The molecule has 1 aliphatic carbocycles. The first kappa shape index (κ1) is 12.9. The summed E-state index contributed by atoms with van der Waals surface area (Å²) in [5.41, 5.74) is 1.97. The molecule has 0 unspecified atom stereocenters. The van der Waals surface area contributed by atoms with Crippen molar-refractivity contribution in [3.63, 3.8) is 0 Å². The topological polar surface area (TPSA) is 61.4 Å². The molecule has 2 amide bonds. The van der Waals surface area contributed by atoms with Crippen LogP contribution >= 0.6 is 0 Å². The summed E-state index contributed by atoms with van der Waals surface area (Å²) in [5, 5.41) is 15.2. The molecule has 0 atom stereocenters. The van der Waals surface area contributed by atoms with Crippen LogP contribution in [0.2, 0.25) is 0 Å². The fourth-order valence-corrected chi connectivity index (χ4v) is 2.21. The van der Waals surface area contributed by atoms with Gasteiger partial charge >= 0.3 is 6.03 Å². The Morgan fingerprint density at radius 1 is 1.17 bits per heavy atom. The zero-order valence-corrected chi connectivity index (χ0v) is 10.6. The number of benzene rings is 1. The van der Waals surface area contributed by atoms with Gasteiger partial charge in [-0.2, -0.15) is 0 Å². The van der Waals surface area contributed by atoms with Crippen molar-refractivity contribution in [1.29, 1.82) is 0 Å². The van der Waals surface area contributed by atoms with Crippen LogP contribution in [0.25, 0.3) is 0 Å². The van der Waals surface area contributed by atoms with E-state index in [0.717, 1.165) is 31.4 Å². The van der Waals surface area contributed by atoms with E-state index in [1.807, 2.05) is 31.2 Å². The highest BCUT2D eigenvalue weighted by Gasteiger charge is 2.20. The predicted molar refractivity (Wildman–Crippen MR) is 71.6 cm³/mol. The van der Waals surface area contributed by atoms with E-state index in [0.29, 0.717) is 0 Å². The Labute approximate surface area is 107 Å². The summed E-state index contributed by atoms with van der Waals surface area (Å²) in [6.07, 6.45) is 3.05. The van der Waals surface area contributed by atoms with Crippen LogP contribution in [0, 0.1) is 6.92 Å². The van der Waals surface area contributed by atoms with Crippen LogP contribution in [-0.4, -0.2) is 23.3 Å². The smallest absolute Gasteiger partial charge is 0.319 e. The molecule has 1 fully saturated rings. The van der Waals surface area contributed by atoms with Crippen molar-refractivity contribution in [2.45, 2.75) is 44.8 Å². The van der Waals surface area contributed by atoms with Crippen molar-refractivity contribution in [2.24, 2.45) is 0 Å². The molecule has 0 saturated heterocycles. The van der Waals surface area contributed by atoms with Gasteiger partial charge in [0.2, 0.25) is 0 Å². The van der Waals surface area contributed by atoms with Gasteiger partial charge in [0, 0.05) is 11.7 Å². The lowest BCUT2D eigenvalue weighted by atomic mass is 9.93. The Morgan fingerprint density at radius 3 is 2.39 bits per heavy atom. The molecule has 1 aromatic carbocycles. The summed E-state index contributed by atoms with van der Waals surface area (Å²) >= 11 is 0. The van der Waals surface area contributed by atoms with Gasteiger partial charge in [0.25, 0.3) is 0 Å². The van der Waals surface area contributed by atoms with Gasteiger partial charge in [-0.05, 0) is 44.7 Å². The van der Waals surface area contributed by atoms with Gasteiger partial charge < -0.3 is 15.7 Å². The molecule has 0 bridgehead atoms. The van der Waals surface area contributed by atoms with Crippen molar-refractivity contribution in [1.82, 2.24) is 5.32 Å². The van der Waals surface area contributed by atoms with Crippen molar-refractivity contribution >= 4 is 11.7 Å². The number of urea groups is 1. The van der Waals surface area contributed by atoms with E-state index < -0.39 is 0 Å². The average Bonchev–Trinajstić information content (AvgIpc) is 2.35. The summed E-state index contributed by atoms with van der Waals surface area (Å²) in [5.74, 6) is 0. The number of anilines is 1. The number of hydrogen-bond donors (Lipinski definition) is 3. The summed E-state index contributed by atoms with van der Waals surface area (Å²) in [6, 6.07) is 7.72. The Hall–Kier alpha value is -1.55. The minimum absolute atomic E-state index is 0.166. The number of carbonyl (C=O) groups is 1. The van der Waals surface area contributed by atoms with Crippen molar-refractivity contribution < 1.29 is 9.90 Å². The first-order valence-corrected chi connectivity index (χ1v) is 6.46. The number of aliphatic hydroxyl groups is 1. The fraction of sp³-hybridized carbons (Fsp3) is 0.500. The van der Waals surface area contributed by atoms with Crippen LogP contribution < -0.4 is 10.6 Å². The second-order valence-corrected chi connectivity index (χ2v) is 4.97. The minimum Gasteiger partial charge on any atom is -0.393 e. The van der Waals surface area contributed by atoms with Crippen LogP contribution in [0.4, 0.5) is 10.5 Å². The molecular formula is C14H20N2O2. The number of nitrogens with one attached hydrogen (secondary N) is 2. The lowest BCUT2D eigenvalue weighted by molar-refractivity contribution is 0.118. The molecule has 3 N–H and O–H groups in total. The number of aliphatic hydroxyl groups excluding tert-OH is 1. The van der Waals surface area contributed by atoms with Gasteiger partial charge in [0.1, 0.15) is 0 Å². The van der Waals surface area contributed by atoms with Crippen molar-refractivity contribution in [3.8, 4) is 0 Å². The molecule has 1 saturated carbocycles. The molecule has 0 heterocycles. The van der Waals surface area contributed by atoms with Gasteiger partial charge in [-0.25, -0.2) is 4.79 Å². The number of carbonyl (C=O) groups excluding carboxylic acids is 1. The monoisotopic (exact) mass is 248 g/mol. The van der Waals surface area contributed by atoms with Crippen LogP contribution in [0.3, 0.4) is 0 Å². The summed E-state index contributed by atoms with van der Waals surface area (Å²) < 4.78 is 0. The molecule has 0 aliphatic heterocycles. The summed E-state index contributed by atoms with van der Waals surface area (Å²) in [7, 11) is 0. The van der Waals surface area contributed by atoms with E-state index in [4.69, 9.17) is 0 Å². The lowest BCUT2D eigenvalue weighted by Gasteiger charge is -2.26. The zero-order chi connectivity index (χ0) is 13.0. The molecule has 0 radical (unpaired) electrons. The highest BCUT2D eigenvalue weighted by atomic mass is 16.3. The quantitative estimate of drug-likeness (QED) is 0.752. The van der Waals surface area contributed by atoms with Crippen LogP contribution in [0.15, 0.2) is 24.3 Å². The average molecular weight is 248 g/mol. The van der Waals surface area contributed by atoms with Gasteiger partial charge in [0.05, 0.1) is 6.10 Å². The Morgan fingerprint density at radius 2 is 1.78 bits per heavy atom. The van der Waals surface area contributed by atoms with Crippen molar-refractivity contribution in [3.05, 3.63) is 29.8 Å². The first-order chi connectivity index (χ1) is 8.63. The van der Waals surface area contributed by atoms with Gasteiger partial charge in [-0.3, -0.25) is 0 Å². The predicted octanol–water partition coefficient (Wildman–Crippen LogP) is 2.42. The number of hydrogen-bond acceptors (Lipinski definition) is 2. The molecule has 0 aromatic heterocycles. The number of amides is 2. The largest absolute Gasteiger partial charge is 0.393 e. The SMILES string of the molecule is Cc1ccc(NC(=O)NC2CCC(O)CC2)cc1. The van der Waals surface area contributed by atoms with E-state index in [1.54, 1.807) is 0 Å². The van der Waals surface area contributed by atoms with E-state index in [1.165, 1.54) is 5.56 Å². The van der Waals surface area contributed by atoms with Gasteiger partial charge in [-0.1, -0.05) is 17.7 Å². The maximum absolute atomic E-state index is 11.8. The third kappa shape index (κ3) is 3.74. The molecule has 4 heteroatoms. The minimum atomic E-state index is -0.191. The van der Waals surface area contributed by atoms with Crippen molar-refractivity contribution in [2.75, 3.05) is 5.32 Å². The second kappa shape index (κ2) is 5.87. The fourth-order valence-electron chi connectivity index (χ4n) is 2.21. The molecule has 98 valence electrons. The lowest BCUT2D eigenvalue weighted by Crippen LogP contribution is -2.40. The maximum atomic E-state index is 11.8. The standard InChI is InChI=1S/C14H20N2O2/c1-10-2-4-11(5-3-10)15-14(18)16-12-6-8-13(17)9-7-12/h2-5,12-13,17H,6-9H2,1H3,(H2,15,16,18). The molecule has 0 spiro atoms. The Bertz CT molecular complexity index is 395. The second-order valence-electron chi connectivity index (χ2n) is 4.97. The van der Waals surface area contributed by atoms with E-state index in [2.05, 4.69) is 10.6 Å². The third-order valence-electron chi connectivity index (χ3n) is 3.34. The summed E-state index contributed by atoms with van der Waals surface area (Å²) in [6.45, 7) is 2.01. The molecule has 2 rings (SSSR count). The molecule has 18 heavy (non-hydrogen) atoms. The van der Waals surface area contributed by atoms with Crippen LogP contribution in [-0.2, 0) is 0 Å². The molecule has 1 aromatic rings. The highest BCUT2D eigenvalue weighted by Crippen LogP contribution is 2.18. The number of aryl methyl sites for hydroxylation is 1. The van der Waals surface area contributed by atoms with E-state index >= 15 is 0 Å². The Kier molecular flexibility index (Phi) is 4.20. The van der Waals surface area contributed by atoms with Gasteiger partial charge in [-0.15, -0.1) is 0 Å². The van der Waals surface area contributed by atoms with E-state index in [9.17, 15) is 9.90 Å². The molecular weight excluding hydrogens is 228 g/mol. The molecule has 4 nitrogen and oxygen atoms in total. The first-order valence-electron chi connectivity index (χ1n) is 6.46. The van der Waals surface area contributed by atoms with E-state index in [-0.39, 0.29) is 18.2 Å². The van der Waals surface area contributed by atoms with Gasteiger partial charge in [0.15, 0.2) is 0 Å². The Balaban J connectivity index is 1.80. The van der Waals surface area contributed by atoms with Crippen LogP contribution in [0.1, 0.15) is 31.2 Å². The normalized spacial score (nSPS) is 23.4.